The van der Waals surface area contributed by atoms with E-state index < -0.39 is 40.9 Å². The van der Waals surface area contributed by atoms with Crippen molar-refractivity contribution in [2.24, 2.45) is 0 Å². The van der Waals surface area contributed by atoms with Crippen LogP contribution in [0.4, 0.5) is 8.78 Å². The molecule has 0 bridgehead atoms. The molecule has 1 aromatic carbocycles. The maximum Gasteiger partial charge on any atom is 0.262 e. The number of halogens is 3. The van der Waals surface area contributed by atoms with Crippen LogP contribution in [-0.4, -0.2) is 39.4 Å². The van der Waals surface area contributed by atoms with E-state index >= 15 is 0 Å². The first-order valence-corrected chi connectivity index (χ1v) is 8.69. The Morgan fingerprint density at radius 1 is 1.33 bits per heavy atom. The Bertz CT molecular complexity index is 668. The van der Waals surface area contributed by atoms with Crippen LogP contribution in [0.3, 0.4) is 0 Å². The monoisotopic (exact) mass is 383 g/mol. The summed E-state index contributed by atoms with van der Waals surface area (Å²) in [6.45, 7) is 1.62. The van der Waals surface area contributed by atoms with E-state index in [1.165, 1.54) is 12.1 Å². The third kappa shape index (κ3) is 5.37. The molecule has 0 aromatic heterocycles. The molecule has 10 heteroatoms. The minimum absolute atomic E-state index is 0. The number of carbonyl (C=O) groups is 1. The average Bonchev–Trinajstić information content (AvgIpc) is 2.85. The predicted molar refractivity (Wildman–Crippen MR) is 87.8 cm³/mol. The summed E-state index contributed by atoms with van der Waals surface area (Å²) in [6.07, 6.45) is -0.515. The number of hydrogen-bond acceptors (Lipinski definition) is 4. The van der Waals surface area contributed by atoms with Gasteiger partial charge in [0.2, 0.25) is 15.9 Å². The van der Waals surface area contributed by atoms with Crippen LogP contribution in [0.1, 0.15) is 18.9 Å². The van der Waals surface area contributed by atoms with Crippen molar-refractivity contribution in [2.45, 2.75) is 36.7 Å². The molecular weight excluding hydrogens is 364 g/mol. The minimum Gasteiger partial charge on any atom is -0.351 e. The van der Waals surface area contributed by atoms with Gasteiger partial charge in [-0.05, 0) is 17.7 Å². The summed E-state index contributed by atoms with van der Waals surface area (Å²) >= 11 is 0. The normalized spacial score (nSPS) is 19.5. The number of sulfonamides is 1. The summed E-state index contributed by atoms with van der Waals surface area (Å²) in [5, 5.41) is 5.04. The number of benzene rings is 1. The lowest BCUT2D eigenvalue weighted by molar-refractivity contribution is -0.123. The first-order chi connectivity index (χ1) is 10.7. The first kappa shape index (κ1) is 20.8. The molecule has 0 aliphatic carbocycles. The van der Waals surface area contributed by atoms with Gasteiger partial charge in [0.15, 0.2) is 0 Å². The molecule has 1 heterocycles. The summed E-state index contributed by atoms with van der Waals surface area (Å²) < 4.78 is 52.0. The second kappa shape index (κ2) is 8.19. The zero-order valence-corrected chi connectivity index (χ0v) is 14.6. The van der Waals surface area contributed by atoms with Crippen LogP contribution in [0.25, 0.3) is 0 Å². The largest absolute Gasteiger partial charge is 0.351 e. The van der Waals surface area contributed by atoms with Crippen molar-refractivity contribution in [1.29, 1.82) is 0 Å². The van der Waals surface area contributed by atoms with Crippen LogP contribution in [0, 0.1) is 0 Å². The van der Waals surface area contributed by atoms with E-state index in [1.807, 2.05) is 0 Å². The molecule has 1 fully saturated rings. The Morgan fingerprint density at radius 3 is 2.46 bits per heavy atom. The van der Waals surface area contributed by atoms with Crippen LogP contribution in [0.15, 0.2) is 29.2 Å². The standard InChI is InChI=1S/C14H19F2N3O3S.ClH/c1-2-19-23(21,22)11-5-3-10(4-6-11)8-17-13(20)12-7-14(15,16)9-18-12;/h3-6,12,18-19H,2,7-9H2,1H3,(H,17,20);1H. The quantitative estimate of drug-likeness (QED) is 0.684. The Kier molecular flexibility index (Phi) is 7.09. The SMILES string of the molecule is CCNS(=O)(=O)c1ccc(CNC(=O)C2CC(F)(F)CN2)cc1.Cl. The number of nitrogens with one attached hydrogen (secondary N) is 3. The molecule has 1 atom stereocenters. The van der Waals surface area contributed by atoms with E-state index in [2.05, 4.69) is 15.4 Å². The van der Waals surface area contributed by atoms with E-state index in [0.29, 0.717) is 12.1 Å². The lowest BCUT2D eigenvalue weighted by Gasteiger charge is -2.11. The van der Waals surface area contributed by atoms with Gasteiger partial charge >= 0.3 is 0 Å². The van der Waals surface area contributed by atoms with E-state index in [1.54, 1.807) is 19.1 Å². The van der Waals surface area contributed by atoms with Crippen LogP contribution < -0.4 is 15.4 Å². The summed E-state index contributed by atoms with van der Waals surface area (Å²) in [5.74, 6) is -3.35. The fourth-order valence-electron chi connectivity index (χ4n) is 2.27. The van der Waals surface area contributed by atoms with Crippen molar-refractivity contribution in [3.63, 3.8) is 0 Å². The van der Waals surface area contributed by atoms with E-state index in [4.69, 9.17) is 0 Å². The molecule has 1 saturated heterocycles. The smallest absolute Gasteiger partial charge is 0.262 e. The van der Waals surface area contributed by atoms with Gasteiger partial charge in [0.25, 0.3) is 5.92 Å². The first-order valence-electron chi connectivity index (χ1n) is 7.21. The van der Waals surface area contributed by atoms with Gasteiger partial charge in [0, 0.05) is 19.5 Å². The van der Waals surface area contributed by atoms with Crippen LogP contribution in [0.5, 0.6) is 0 Å². The van der Waals surface area contributed by atoms with Crippen LogP contribution in [0.2, 0.25) is 0 Å². The molecule has 0 spiro atoms. The van der Waals surface area contributed by atoms with Crippen molar-refractivity contribution >= 4 is 28.3 Å². The lowest BCUT2D eigenvalue weighted by atomic mass is 10.1. The zero-order chi connectivity index (χ0) is 17.1. The van der Waals surface area contributed by atoms with E-state index in [9.17, 15) is 22.0 Å². The van der Waals surface area contributed by atoms with Gasteiger partial charge in [-0.25, -0.2) is 21.9 Å². The maximum absolute atomic E-state index is 13.0. The molecule has 6 nitrogen and oxygen atoms in total. The maximum atomic E-state index is 13.0. The lowest BCUT2D eigenvalue weighted by Crippen LogP contribution is -2.40. The number of hydrogen-bond donors (Lipinski definition) is 3. The Morgan fingerprint density at radius 2 is 1.96 bits per heavy atom. The van der Waals surface area contributed by atoms with Gasteiger partial charge in [0.05, 0.1) is 17.5 Å². The molecule has 3 N–H and O–H groups in total. The van der Waals surface area contributed by atoms with Gasteiger partial charge in [-0.3, -0.25) is 10.1 Å². The molecule has 1 aliphatic rings. The van der Waals surface area contributed by atoms with Crippen molar-refractivity contribution in [3.8, 4) is 0 Å². The molecule has 2 rings (SSSR count). The Balaban J connectivity index is 0.00000288. The van der Waals surface area contributed by atoms with Crippen LogP contribution in [-0.2, 0) is 21.4 Å². The molecule has 0 saturated carbocycles. The van der Waals surface area contributed by atoms with Crippen molar-refractivity contribution < 1.29 is 22.0 Å². The molecule has 1 aromatic rings. The molecule has 24 heavy (non-hydrogen) atoms. The molecule has 1 aliphatic heterocycles. The molecule has 136 valence electrons. The highest BCUT2D eigenvalue weighted by atomic mass is 35.5. The number of alkyl halides is 2. The van der Waals surface area contributed by atoms with Gasteiger partial charge < -0.3 is 5.32 Å². The fourth-order valence-corrected chi connectivity index (χ4v) is 3.31. The van der Waals surface area contributed by atoms with Crippen molar-refractivity contribution in [3.05, 3.63) is 29.8 Å². The van der Waals surface area contributed by atoms with E-state index in [-0.39, 0.29) is 23.8 Å². The van der Waals surface area contributed by atoms with Crippen molar-refractivity contribution in [1.82, 2.24) is 15.4 Å². The molecule has 1 amide bonds. The number of carbonyl (C=O) groups excluding carboxylic acids is 1. The highest BCUT2D eigenvalue weighted by Crippen LogP contribution is 2.25. The summed E-state index contributed by atoms with van der Waals surface area (Å²) in [4.78, 5) is 11.9. The third-order valence-corrected chi connectivity index (χ3v) is 5.02. The van der Waals surface area contributed by atoms with Crippen LogP contribution >= 0.6 is 12.4 Å². The third-order valence-electron chi connectivity index (χ3n) is 3.46. The highest BCUT2D eigenvalue weighted by molar-refractivity contribution is 7.89. The molecular formula is C14H20ClF2N3O3S. The second-order valence-corrected chi connectivity index (χ2v) is 7.12. The average molecular weight is 384 g/mol. The summed E-state index contributed by atoms with van der Waals surface area (Å²) in [5.41, 5.74) is 0.679. The fraction of sp³-hybridized carbons (Fsp3) is 0.500. The topological polar surface area (TPSA) is 87.3 Å². The number of rotatable bonds is 6. The molecule has 1 unspecified atom stereocenters. The van der Waals surface area contributed by atoms with Crippen molar-refractivity contribution in [2.75, 3.05) is 13.1 Å². The summed E-state index contributed by atoms with van der Waals surface area (Å²) in [7, 11) is -3.52. The zero-order valence-electron chi connectivity index (χ0n) is 13.0. The predicted octanol–water partition coefficient (Wildman–Crippen LogP) is 1.02. The molecule has 0 radical (unpaired) electrons. The Hall–Kier alpha value is -1.29. The second-order valence-electron chi connectivity index (χ2n) is 5.36. The Labute approximate surface area is 145 Å². The van der Waals surface area contributed by atoms with Gasteiger partial charge in [-0.1, -0.05) is 19.1 Å². The van der Waals surface area contributed by atoms with Gasteiger partial charge in [-0.2, -0.15) is 0 Å². The highest BCUT2D eigenvalue weighted by Gasteiger charge is 2.42. The summed E-state index contributed by atoms with van der Waals surface area (Å²) in [6, 6.07) is 5.10. The number of amides is 1. The van der Waals surface area contributed by atoms with Gasteiger partial charge in [-0.15, -0.1) is 12.4 Å². The van der Waals surface area contributed by atoms with E-state index in [0.717, 1.165) is 0 Å². The minimum atomic E-state index is -3.52. The van der Waals surface area contributed by atoms with Gasteiger partial charge in [0.1, 0.15) is 0 Å².